The number of benzene rings is 1. The molecule has 1 amide bonds. The molecule has 1 aliphatic heterocycles. The average molecular weight is 304 g/mol. The number of hydrogen-bond acceptors (Lipinski definition) is 3. The molecule has 1 aromatic rings. The van der Waals surface area contributed by atoms with Crippen LogP contribution in [0.2, 0.25) is 0 Å². The number of carbonyl (C=O) groups excluding carboxylic acids is 1. The van der Waals surface area contributed by atoms with Crippen molar-refractivity contribution in [2.45, 2.75) is 58.2 Å². The minimum Gasteiger partial charge on any atom is -0.444 e. The van der Waals surface area contributed by atoms with Crippen LogP contribution in [-0.4, -0.2) is 35.7 Å². The van der Waals surface area contributed by atoms with E-state index in [1.165, 1.54) is 12.0 Å². The summed E-state index contributed by atoms with van der Waals surface area (Å²) in [4.78, 5) is 14.2. The summed E-state index contributed by atoms with van der Waals surface area (Å²) in [5, 5.41) is 3.47. The third-order valence-corrected chi connectivity index (χ3v) is 3.81. The lowest BCUT2D eigenvalue weighted by Crippen LogP contribution is -2.50. The zero-order valence-electron chi connectivity index (χ0n) is 14.0. The summed E-state index contributed by atoms with van der Waals surface area (Å²) in [5.74, 6) is 0. The van der Waals surface area contributed by atoms with Crippen molar-refractivity contribution in [2.24, 2.45) is 0 Å². The topological polar surface area (TPSA) is 41.6 Å². The fourth-order valence-corrected chi connectivity index (χ4v) is 2.75. The number of hydrogen-bond donors (Lipinski definition) is 1. The van der Waals surface area contributed by atoms with Crippen LogP contribution in [0, 0.1) is 0 Å². The third kappa shape index (κ3) is 5.34. The van der Waals surface area contributed by atoms with E-state index in [0.29, 0.717) is 0 Å². The maximum atomic E-state index is 12.3. The minimum absolute atomic E-state index is 0.182. The van der Waals surface area contributed by atoms with E-state index in [-0.39, 0.29) is 12.1 Å². The maximum absolute atomic E-state index is 12.3. The largest absolute Gasteiger partial charge is 0.444 e. The Hall–Kier alpha value is -1.55. The fourth-order valence-electron chi connectivity index (χ4n) is 2.75. The van der Waals surface area contributed by atoms with Crippen molar-refractivity contribution in [3.8, 4) is 0 Å². The van der Waals surface area contributed by atoms with Gasteiger partial charge in [0.25, 0.3) is 0 Å². The highest BCUT2D eigenvalue weighted by Crippen LogP contribution is 2.20. The van der Waals surface area contributed by atoms with Crippen molar-refractivity contribution in [1.82, 2.24) is 10.2 Å². The Bertz CT molecular complexity index is 468. The number of carbonyl (C=O) groups is 1. The molecule has 0 radical (unpaired) electrons. The summed E-state index contributed by atoms with van der Waals surface area (Å²) in [5.41, 5.74) is 0.832. The van der Waals surface area contributed by atoms with E-state index >= 15 is 0 Å². The Morgan fingerprint density at radius 2 is 2.00 bits per heavy atom. The summed E-state index contributed by atoms with van der Waals surface area (Å²) in [6, 6.07) is 10.6. The van der Waals surface area contributed by atoms with Gasteiger partial charge in [0.05, 0.1) is 0 Å². The summed E-state index contributed by atoms with van der Waals surface area (Å²) in [6.07, 6.45) is 3.10. The van der Waals surface area contributed by atoms with Crippen LogP contribution in [0.4, 0.5) is 4.79 Å². The van der Waals surface area contributed by atoms with E-state index in [0.717, 1.165) is 32.5 Å². The highest BCUT2D eigenvalue weighted by Gasteiger charge is 2.30. The zero-order valence-corrected chi connectivity index (χ0v) is 14.0. The fraction of sp³-hybridized carbons (Fsp3) is 0.611. The van der Waals surface area contributed by atoms with E-state index in [2.05, 4.69) is 17.4 Å². The molecule has 0 bridgehead atoms. The Balaban J connectivity index is 1.85. The van der Waals surface area contributed by atoms with Crippen molar-refractivity contribution >= 4 is 6.09 Å². The number of rotatable bonds is 4. The van der Waals surface area contributed by atoms with Crippen LogP contribution in [0.3, 0.4) is 0 Å². The predicted molar refractivity (Wildman–Crippen MR) is 88.7 cm³/mol. The van der Waals surface area contributed by atoms with Gasteiger partial charge in [-0.1, -0.05) is 30.3 Å². The molecule has 4 nitrogen and oxygen atoms in total. The molecule has 0 aromatic heterocycles. The van der Waals surface area contributed by atoms with Gasteiger partial charge in [0, 0.05) is 25.7 Å². The molecule has 1 aliphatic rings. The Morgan fingerprint density at radius 3 is 2.68 bits per heavy atom. The summed E-state index contributed by atoms with van der Waals surface area (Å²) in [7, 11) is 0. The quantitative estimate of drug-likeness (QED) is 0.924. The Labute approximate surface area is 133 Å². The zero-order chi connectivity index (χ0) is 16.0. The van der Waals surface area contributed by atoms with Crippen molar-refractivity contribution in [3.63, 3.8) is 0 Å². The van der Waals surface area contributed by atoms with E-state index in [1.54, 1.807) is 0 Å². The van der Waals surface area contributed by atoms with Gasteiger partial charge in [0.1, 0.15) is 5.60 Å². The van der Waals surface area contributed by atoms with Crippen LogP contribution in [-0.2, 0) is 11.3 Å². The third-order valence-electron chi connectivity index (χ3n) is 3.81. The van der Waals surface area contributed by atoms with Gasteiger partial charge in [0.2, 0.25) is 0 Å². The highest BCUT2D eigenvalue weighted by molar-refractivity contribution is 5.68. The molecule has 1 saturated heterocycles. The van der Waals surface area contributed by atoms with Gasteiger partial charge in [-0.05, 0) is 45.6 Å². The smallest absolute Gasteiger partial charge is 0.410 e. The van der Waals surface area contributed by atoms with E-state index in [9.17, 15) is 4.79 Å². The van der Waals surface area contributed by atoms with Gasteiger partial charge in [-0.25, -0.2) is 4.79 Å². The number of nitrogens with one attached hydrogen (secondary N) is 1. The standard InChI is InChI=1S/C18H28N2O2/c1-18(2,3)22-17(21)20-12-8-7-11-16(20)14-19-13-15-9-5-4-6-10-15/h4-6,9-10,16,19H,7-8,11-14H2,1-3H3. The SMILES string of the molecule is CC(C)(C)OC(=O)N1CCCCC1CNCc1ccccc1. The van der Waals surface area contributed by atoms with Crippen LogP contribution >= 0.6 is 0 Å². The van der Waals surface area contributed by atoms with Crippen LogP contribution < -0.4 is 5.32 Å². The van der Waals surface area contributed by atoms with Crippen molar-refractivity contribution in [2.75, 3.05) is 13.1 Å². The first-order chi connectivity index (χ1) is 10.5. The van der Waals surface area contributed by atoms with Crippen molar-refractivity contribution in [3.05, 3.63) is 35.9 Å². The second-order valence-electron chi connectivity index (χ2n) is 6.94. The lowest BCUT2D eigenvalue weighted by Gasteiger charge is -2.37. The first kappa shape index (κ1) is 16.8. The van der Waals surface area contributed by atoms with E-state index < -0.39 is 5.60 Å². The van der Waals surface area contributed by atoms with E-state index in [4.69, 9.17) is 4.74 Å². The molecule has 1 heterocycles. The van der Waals surface area contributed by atoms with Gasteiger partial charge < -0.3 is 15.0 Å². The lowest BCUT2D eigenvalue weighted by atomic mass is 10.0. The Kier molecular flexibility index (Phi) is 5.83. The number of amides is 1. The molecule has 1 fully saturated rings. The van der Waals surface area contributed by atoms with Crippen LogP contribution in [0.25, 0.3) is 0 Å². The summed E-state index contributed by atoms with van der Waals surface area (Å²) < 4.78 is 5.53. The molecule has 22 heavy (non-hydrogen) atoms. The first-order valence-electron chi connectivity index (χ1n) is 8.20. The molecule has 4 heteroatoms. The lowest BCUT2D eigenvalue weighted by molar-refractivity contribution is 0.00993. The molecule has 1 unspecified atom stereocenters. The summed E-state index contributed by atoms with van der Waals surface area (Å²) in [6.45, 7) is 8.19. The van der Waals surface area contributed by atoms with Gasteiger partial charge in [-0.2, -0.15) is 0 Å². The van der Waals surface area contributed by atoms with Crippen molar-refractivity contribution < 1.29 is 9.53 Å². The molecular formula is C18H28N2O2. The normalized spacial score (nSPS) is 19.0. The molecule has 1 N–H and O–H groups in total. The van der Waals surface area contributed by atoms with Gasteiger partial charge in [0.15, 0.2) is 0 Å². The van der Waals surface area contributed by atoms with Gasteiger partial charge >= 0.3 is 6.09 Å². The molecule has 1 atom stereocenters. The number of piperidine rings is 1. The van der Waals surface area contributed by atoms with Crippen LogP contribution in [0.1, 0.15) is 45.6 Å². The highest BCUT2D eigenvalue weighted by atomic mass is 16.6. The molecule has 0 spiro atoms. The molecule has 1 aromatic carbocycles. The number of nitrogens with zero attached hydrogens (tertiary/aromatic N) is 1. The van der Waals surface area contributed by atoms with Crippen LogP contribution in [0.5, 0.6) is 0 Å². The van der Waals surface area contributed by atoms with Gasteiger partial charge in [-0.15, -0.1) is 0 Å². The molecule has 122 valence electrons. The molecular weight excluding hydrogens is 276 g/mol. The summed E-state index contributed by atoms with van der Waals surface area (Å²) >= 11 is 0. The van der Waals surface area contributed by atoms with Crippen molar-refractivity contribution in [1.29, 1.82) is 0 Å². The van der Waals surface area contributed by atoms with E-state index in [1.807, 2.05) is 43.9 Å². The average Bonchev–Trinajstić information content (AvgIpc) is 2.47. The maximum Gasteiger partial charge on any atom is 0.410 e. The molecule has 0 aliphatic carbocycles. The molecule has 0 saturated carbocycles. The first-order valence-corrected chi connectivity index (χ1v) is 8.20. The van der Waals surface area contributed by atoms with Crippen LogP contribution in [0.15, 0.2) is 30.3 Å². The number of likely N-dealkylation sites (tertiary alicyclic amines) is 1. The predicted octanol–water partition coefficient (Wildman–Crippen LogP) is 3.57. The Morgan fingerprint density at radius 1 is 1.27 bits per heavy atom. The number of ether oxygens (including phenoxy) is 1. The second-order valence-corrected chi connectivity index (χ2v) is 6.94. The van der Waals surface area contributed by atoms with Gasteiger partial charge in [-0.3, -0.25) is 0 Å². The molecule has 2 rings (SSSR count). The minimum atomic E-state index is -0.434. The monoisotopic (exact) mass is 304 g/mol. The second kappa shape index (κ2) is 7.63.